The van der Waals surface area contributed by atoms with Gasteiger partial charge in [0.1, 0.15) is 5.54 Å². The number of halogens is 5. The van der Waals surface area contributed by atoms with Crippen molar-refractivity contribution >= 4 is 33.4 Å². The lowest BCUT2D eigenvalue weighted by atomic mass is 10.0. The minimum atomic E-state index is -4.93. The summed E-state index contributed by atoms with van der Waals surface area (Å²) in [5.74, 6) is -4.47. The number of alkyl halides is 5. The van der Waals surface area contributed by atoms with Crippen molar-refractivity contribution < 1.29 is 49.9 Å². The number of carbonyl (C=O) groups excluding carboxylic acids is 2. The molecule has 0 radical (unpaired) electrons. The first-order chi connectivity index (χ1) is 20.4. The van der Waals surface area contributed by atoms with Crippen LogP contribution in [0.1, 0.15) is 44.6 Å². The molecule has 2 atom stereocenters. The second kappa shape index (κ2) is 12.0. The highest BCUT2D eigenvalue weighted by Crippen LogP contribution is 2.42. The van der Waals surface area contributed by atoms with Crippen molar-refractivity contribution in [2.75, 3.05) is 44.2 Å². The average Bonchev–Trinajstić information content (AvgIpc) is 3.51. The first kappa shape index (κ1) is 33.2. The smallest absolute Gasteiger partial charge is 0.417 e. The van der Waals surface area contributed by atoms with Gasteiger partial charge in [-0.05, 0) is 50.3 Å². The lowest BCUT2D eigenvalue weighted by molar-refractivity contribution is -0.169. The molecule has 5 rings (SSSR count). The molecule has 44 heavy (non-hydrogen) atoms. The molecule has 0 spiro atoms. The van der Waals surface area contributed by atoms with E-state index in [4.69, 9.17) is 10.4 Å². The summed E-state index contributed by atoms with van der Waals surface area (Å²) in [7, 11) is -4.43. The van der Waals surface area contributed by atoms with E-state index in [2.05, 4.69) is 5.32 Å². The van der Waals surface area contributed by atoms with Crippen LogP contribution in [0.3, 0.4) is 0 Å². The van der Waals surface area contributed by atoms with E-state index in [1.165, 1.54) is 13.0 Å². The Morgan fingerprint density at radius 1 is 1.05 bits per heavy atom. The number of anilines is 1. The number of nitrogens with zero attached hydrogens (tertiary/aromatic N) is 4. The maximum Gasteiger partial charge on any atom is 0.417 e. The molecule has 2 saturated heterocycles. The number of nitrogens with one attached hydrogen (secondary N) is 1. The molecule has 2 aliphatic heterocycles. The van der Waals surface area contributed by atoms with E-state index in [0.29, 0.717) is 39.0 Å². The molecule has 0 bridgehead atoms. The molecule has 2 aliphatic carbocycles. The zero-order chi connectivity index (χ0) is 32.7. The lowest BCUT2D eigenvalue weighted by Crippen LogP contribution is -2.59. The maximum atomic E-state index is 14.0. The summed E-state index contributed by atoms with van der Waals surface area (Å²) in [6.45, 7) is 1.28. The SMILES string of the molecule is CC(=O)N1CCN(c2ccc(S(=O)(=O)C3CCC(C(=O)N4CC(F)(F)C4)C3)c(C(F)(F)F)c2)CC1.N#CC1(NC(=O)O)CC1. The minimum Gasteiger partial charge on any atom is -0.465 e. The molecule has 2 heterocycles. The molecule has 2 unspecified atom stereocenters. The largest absolute Gasteiger partial charge is 0.465 e. The Bertz CT molecular complexity index is 1440. The van der Waals surface area contributed by atoms with Crippen LogP contribution in [0.4, 0.5) is 32.4 Å². The number of rotatable bonds is 5. The van der Waals surface area contributed by atoms with Crippen LogP contribution in [-0.4, -0.2) is 97.2 Å². The third-order valence-corrected chi connectivity index (χ3v) is 10.6. The summed E-state index contributed by atoms with van der Waals surface area (Å²) < 4.78 is 94.5. The molecule has 3 amide bonds. The van der Waals surface area contributed by atoms with Gasteiger partial charge in [-0.25, -0.2) is 22.0 Å². The minimum absolute atomic E-state index is 0.0188. The molecule has 4 fully saturated rings. The topological polar surface area (TPSA) is 151 Å². The zero-order valence-electron chi connectivity index (χ0n) is 23.7. The van der Waals surface area contributed by atoms with Crippen molar-refractivity contribution in [3.05, 3.63) is 23.8 Å². The Morgan fingerprint density at radius 3 is 2.11 bits per heavy atom. The van der Waals surface area contributed by atoms with E-state index in [9.17, 15) is 44.8 Å². The fraction of sp³-hybridized carbons (Fsp3) is 0.630. The summed E-state index contributed by atoms with van der Waals surface area (Å²) >= 11 is 0. The first-order valence-corrected chi connectivity index (χ1v) is 15.5. The van der Waals surface area contributed by atoms with Crippen LogP contribution < -0.4 is 10.2 Å². The van der Waals surface area contributed by atoms with Gasteiger partial charge in [-0.2, -0.15) is 18.4 Å². The number of sulfone groups is 1. The Balaban J connectivity index is 0.000000421. The number of likely N-dealkylation sites (tertiary alicyclic amines) is 1. The highest BCUT2D eigenvalue weighted by Gasteiger charge is 2.50. The van der Waals surface area contributed by atoms with Crippen molar-refractivity contribution in [3.8, 4) is 6.07 Å². The van der Waals surface area contributed by atoms with Gasteiger partial charge in [0.2, 0.25) is 11.8 Å². The third kappa shape index (κ3) is 7.33. The number of piperazine rings is 1. The van der Waals surface area contributed by atoms with Crippen LogP contribution in [0.2, 0.25) is 0 Å². The molecule has 0 aromatic heterocycles. The molecule has 11 nitrogen and oxygen atoms in total. The van der Waals surface area contributed by atoms with E-state index in [-0.39, 0.29) is 30.9 Å². The van der Waals surface area contributed by atoms with Gasteiger partial charge in [-0.1, -0.05) is 0 Å². The summed E-state index contributed by atoms with van der Waals surface area (Å²) in [4.78, 5) is 37.2. The van der Waals surface area contributed by atoms with Crippen LogP contribution in [0.15, 0.2) is 23.1 Å². The Morgan fingerprint density at radius 2 is 1.66 bits per heavy atom. The molecular weight excluding hydrogens is 617 g/mol. The fourth-order valence-electron chi connectivity index (χ4n) is 5.61. The van der Waals surface area contributed by atoms with Gasteiger partial charge in [0, 0.05) is 44.7 Å². The lowest BCUT2D eigenvalue weighted by Gasteiger charge is -2.40. The quantitative estimate of drug-likeness (QED) is 0.462. The van der Waals surface area contributed by atoms with Crippen molar-refractivity contribution in [1.82, 2.24) is 15.1 Å². The second-order valence-electron chi connectivity index (χ2n) is 11.5. The molecule has 4 aliphatic rings. The summed E-state index contributed by atoms with van der Waals surface area (Å²) in [6.07, 6.45) is -4.86. The van der Waals surface area contributed by atoms with E-state index < -0.39 is 74.2 Å². The van der Waals surface area contributed by atoms with Crippen molar-refractivity contribution in [2.45, 2.75) is 66.8 Å². The number of amides is 3. The molecule has 242 valence electrons. The highest BCUT2D eigenvalue weighted by atomic mass is 32.2. The summed E-state index contributed by atoms with van der Waals surface area (Å²) in [5.41, 5.74) is -1.80. The number of carbonyl (C=O) groups is 3. The van der Waals surface area contributed by atoms with Gasteiger partial charge in [-0.3, -0.25) is 9.59 Å². The van der Waals surface area contributed by atoms with Gasteiger partial charge in [0.15, 0.2) is 9.84 Å². The standard InChI is InChI=1S/C22H26F5N3O4S.C5H6N2O2/c1-14(31)28-6-8-29(9-7-28)16-3-5-19(18(11-16)22(25,26)27)35(33,34)17-4-2-15(10-17)20(32)30-12-21(23,24)13-30;6-3-5(1-2-5)7-4(8)9/h3,5,11,15,17H,2,4,6-10,12-13H2,1H3;7H,1-2H2,(H,8,9). The molecule has 2 N–H and O–H groups in total. The van der Waals surface area contributed by atoms with Crippen LogP contribution in [0, 0.1) is 17.2 Å². The van der Waals surface area contributed by atoms with Crippen LogP contribution in [-0.2, 0) is 25.6 Å². The average molecular weight is 650 g/mol. The number of hydrogen-bond acceptors (Lipinski definition) is 7. The van der Waals surface area contributed by atoms with Crippen LogP contribution in [0.5, 0.6) is 0 Å². The molecule has 2 saturated carbocycles. The van der Waals surface area contributed by atoms with Gasteiger partial charge in [0.05, 0.1) is 34.9 Å². The van der Waals surface area contributed by atoms with Crippen LogP contribution >= 0.6 is 0 Å². The maximum absolute atomic E-state index is 14.0. The summed E-state index contributed by atoms with van der Waals surface area (Å²) in [6, 6.07) is 4.99. The molecular formula is C27H32F5N5O6S. The molecule has 1 aromatic carbocycles. The van der Waals surface area contributed by atoms with Crippen molar-refractivity contribution in [1.29, 1.82) is 5.26 Å². The van der Waals surface area contributed by atoms with Gasteiger partial charge in [-0.15, -0.1) is 0 Å². The zero-order valence-corrected chi connectivity index (χ0v) is 24.6. The monoisotopic (exact) mass is 649 g/mol. The summed E-state index contributed by atoms with van der Waals surface area (Å²) in [5, 5.41) is 17.4. The second-order valence-corrected chi connectivity index (χ2v) is 13.7. The Kier molecular flexibility index (Phi) is 9.07. The molecule has 1 aromatic rings. The fourth-order valence-corrected chi connectivity index (χ4v) is 7.64. The predicted molar refractivity (Wildman–Crippen MR) is 144 cm³/mol. The van der Waals surface area contributed by atoms with E-state index >= 15 is 0 Å². The number of hydrogen-bond donors (Lipinski definition) is 2. The van der Waals surface area contributed by atoms with Gasteiger partial charge in [0.25, 0.3) is 5.92 Å². The Hall–Kier alpha value is -3.68. The predicted octanol–water partition coefficient (Wildman–Crippen LogP) is 3.10. The van der Waals surface area contributed by atoms with Gasteiger partial charge < -0.3 is 25.1 Å². The molecule has 17 heteroatoms. The number of nitriles is 1. The normalized spacial score (nSPS) is 23.9. The number of benzene rings is 1. The van der Waals surface area contributed by atoms with Crippen molar-refractivity contribution in [2.24, 2.45) is 5.92 Å². The highest BCUT2D eigenvalue weighted by molar-refractivity contribution is 7.92. The van der Waals surface area contributed by atoms with E-state index in [1.807, 2.05) is 6.07 Å². The number of carboxylic acid groups (broad SMARTS) is 1. The van der Waals surface area contributed by atoms with Crippen LogP contribution in [0.25, 0.3) is 0 Å². The van der Waals surface area contributed by atoms with E-state index in [0.717, 1.165) is 17.0 Å². The third-order valence-electron chi connectivity index (χ3n) is 8.30. The van der Waals surface area contributed by atoms with Crippen molar-refractivity contribution in [3.63, 3.8) is 0 Å². The van der Waals surface area contributed by atoms with Gasteiger partial charge >= 0.3 is 12.3 Å². The Labute approximate surface area is 250 Å². The van der Waals surface area contributed by atoms with E-state index in [1.54, 1.807) is 9.80 Å². The first-order valence-electron chi connectivity index (χ1n) is 13.9.